The fourth-order valence-corrected chi connectivity index (χ4v) is 2.37. The molecule has 1 N–H and O–H groups in total. The molecule has 100 valence electrons. The molecule has 0 saturated carbocycles. The average molecular weight is 252 g/mol. The van der Waals surface area contributed by atoms with E-state index in [1.54, 1.807) is 0 Å². The molecule has 1 fully saturated rings. The van der Waals surface area contributed by atoms with Crippen molar-refractivity contribution in [2.45, 2.75) is 32.9 Å². The molecule has 6 nitrogen and oxygen atoms in total. The lowest BCUT2D eigenvalue weighted by molar-refractivity contribution is -0.122. The summed E-state index contributed by atoms with van der Waals surface area (Å²) in [4.78, 5) is 15.5. The van der Waals surface area contributed by atoms with E-state index >= 15 is 0 Å². The Kier molecular flexibility index (Phi) is 4.30. The van der Waals surface area contributed by atoms with Gasteiger partial charge in [-0.15, -0.1) is 0 Å². The highest BCUT2D eigenvalue weighted by atomic mass is 16.5. The molecule has 2 atom stereocenters. The summed E-state index contributed by atoms with van der Waals surface area (Å²) in [5.41, 5.74) is 0. The first kappa shape index (κ1) is 13.0. The topological polar surface area (TPSA) is 69.0 Å². The number of nitrogens with zero attached hydrogens (tertiary/aromatic N) is 3. The third kappa shape index (κ3) is 3.29. The number of hydrogen-bond acceptors (Lipinski definition) is 4. The summed E-state index contributed by atoms with van der Waals surface area (Å²) in [7, 11) is 0. The van der Waals surface area contributed by atoms with Crippen molar-refractivity contribution in [3.05, 3.63) is 12.7 Å². The molecule has 1 aromatic rings. The lowest BCUT2D eigenvalue weighted by atomic mass is 9.93. The van der Waals surface area contributed by atoms with Gasteiger partial charge in [0.2, 0.25) is 5.91 Å². The van der Waals surface area contributed by atoms with Crippen LogP contribution in [0.5, 0.6) is 0 Å². The summed E-state index contributed by atoms with van der Waals surface area (Å²) < 4.78 is 7.20. The van der Waals surface area contributed by atoms with Gasteiger partial charge in [0.05, 0.1) is 6.10 Å². The van der Waals surface area contributed by atoms with E-state index in [2.05, 4.69) is 29.2 Å². The first-order valence-corrected chi connectivity index (χ1v) is 6.37. The van der Waals surface area contributed by atoms with Gasteiger partial charge in [0.15, 0.2) is 0 Å². The summed E-state index contributed by atoms with van der Waals surface area (Å²) in [6.45, 7) is 6.00. The van der Waals surface area contributed by atoms with Crippen molar-refractivity contribution in [1.29, 1.82) is 0 Å². The molecule has 0 aromatic carbocycles. The molecular weight excluding hydrogens is 232 g/mol. The van der Waals surface area contributed by atoms with Crippen LogP contribution in [0.1, 0.15) is 20.3 Å². The monoisotopic (exact) mass is 252 g/mol. The van der Waals surface area contributed by atoms with Gasteiger partial charge < -0.3 is 10.1 Å². The van der Waals surface area contributed by atoms with Crippen molar-refractivity contribution in [2.24, 2.45) is 11.8 Å². The summed E-state index contributed by atoms with van der Waals surface area (Å²) in [6.07, 6.45) is 4.24. The van der Waals surface area contributed by atoms with Crippen molar-refractivity contribution >= 4 is 5.91 Å². The minimum atomic E-state index is -0.0325. The van der Waals surface area contributed by atoms with Crippen LogP contribution in [0.15, 0.2) is 12.7 Å². The van der Waals surface area contributed by atoms with Gasteiger partial charge in [-0.3, -0.25) is 4.79 Å². The Bertz CT molecular complexity index is 377. The van der Waals surface area contributed by atoms with Crippen LogP contribution in [0.3, 0.4) is 0 Å². The van der Waals surface area contributed by atoms with E-state index < -0.39 is 0 Å². The third-order valence-electron chi connectivity index (χ3n) is 3.25. The highest BCUT2D eigenvalue weighted by Gasteiger charge is 2.30. The number of carbonyl (C=O) groups is 1. The second-order valence-electron chi connectivity index (χ2n) is 5.03. The standard InChI is InChI=1S/C12H20N4O2/c1-9(2)12-10(3-4-18-12)5-14-11(17)6-16-8-13-7-15-16/h7-10,12H,3-6H2,1-2H3,(H,14,17)/t10-,12-/m1/s1. The number of carbonyl (C=O) groups excluding carboxylic acids is 1. The summed E-state index contributed by atoms with van der Waals surface area (Å²) in [5, 5.41) is 6.84. The molecule has 1 aromatic heterocycles. The predicted octanol–water partition coefficient (Wildman–Crippen LogP) is 0.455. The van der Waals surface area contributed by atoms with Crippen molar-refractivity contribution < 1.29 is 9.53 Å². The fourth-order valence-electron chi connectivity index (χ4n) is 2.37. The summed E-state index contributed by atoms with van der Waals surface area (Å²) >= 11 is 0. The first-order valence-electron chi connectivity index (χ1n) is 6.37. The van der Waals surface area contributed by atoms with Gasteiger partial charge in [-0.2, -0.15) is 5.10 Å². The summed E-state index contributed by atoms with van der Waals surface area (Å²) in [6, 6.07) is 0. The molecule has 1 aliphatic heterocycles. The van der Waals surface area contributed by atoms with E-state index in [9.17, 15) is 4.79 Å². The number of ether oxygens (including phenoxy) is 1. The van der Waals surface area contributed by atoms with E-state index in [-0.39, 0.29) is 18.6 Å². The largest absolute Gasteiger partial charge is 0.378 e. The quantitative estimate of drug-likeness (QED) is 0.826. The molecule has 0 aliphatic carbocycles. The minimum Gasteiger partial charge on any atom is -0.378 e. The maximum atomic E-state index is 11.7. The van der Waals surface area contributed by atoms with Crippen molar-refractivity contribution in [3.63, 3.8) is 0 Å². The van der Waals surface area contributed by atoms with Crippen molar-refractivity contribution in [3.8, 4) is 0 Å². The predicted molar refractivity (Wildman–Crippen MR) is 65.7 cm³/mol. The van der Waals surface area contributed by atoms with Gasteiger partial charge in [-0.05, 0) is 12.3 Å². The Morgan fingerprint density at radius 1 is 1.61 bits per heavy atom. The Hall–Kier alpha value is -1.43. The second-order valence-corrected chi connectivity index (χ2v) is 5.03. The highest BCUT2D eigenvalue weighted by Crippen LogP contribution is 2.25. The molecule has 1 saturated heterocycles. The van der Waals surface area contributed by atoms with Crippen LogP contribution in [-0.4, -0.2) is 39.9 Å². The maximum Gasteiger partial charge on any atom is 0.241 e. The zero-order chi connectivity index (χ0) is 13.0. The van der Waals surface area contributed by atoms with Crippen LogP contribution in [0.25, 0.3) is 0 Å². The van der Waals surface area contributed by atoms with Crippen LogP contribution in [0, 0.1) is 11.8 Å². The lowest BCUT2D eigenvalue weighted by Crippen LogP contribution is -2.36. The van der Waals surface area contributed by atoms with Crippen molar-refractivity contribution in [2.75, 3.05) is 13.2 Å². The number of amides is 1. The average Bonchev–Trinajstić information content (AvgIpc) is 2.96. The summed E-state index contributed by atoms with van der Waals surface area (Å²) in [5.74, 6) is 0.879. The van der Waals surface area contributed by atoms with Gasteiger partial charge in [-0.25, -0.2) is 9.67 Å². The van der Waals surface area contributed by atoms with Crippen LogP contribution in [0.2, 0.25) is 0 Å². The molecule has 6 heteroatoms. The maximum absolute atomic E-state index is 11.7. The zero-order valence-electron chi connectivity index (χ0n) is 10.9. The second kappa shape index (κ2) is 5.95. The van der Waals surface area contributed by atoms with Gasteiger partial charge >= 0.3 is 0 Å². The number of aromatic nitrogens is 3. The van der Waals surface area contributed by atoms with Gasteiger partial charge in [0.1, 0.15) is 19.2 Å². The number of rotatable bonds is 5. The van der Waals surface area contributed by atoms with Gasteiger partial charge in [0.25, 0.3) is 0 Å². The molecule has 0 bridgehead atoms. The fraction of sp³-hybridized carbons (Fsp3) is 0.750. The Labute approximate surface area is 107 Å². The number of hydrogen-bond donors (Lipinski definition) is 1. The van der Waals surface area contributed by atoms with Crippen LogP contribution in [-0.2, 0) is 16.1 Å². The molecule has 0 unspecified atom stereocenters. The molecule has 2 rings (SSSR count). The first-order chi connectivity index (χ1) is 8.66. The van der Waals surface area contributed by atoms with Gasteiger partial charge in [-0.1, -0.05) is 13.8 Å². The molecular formula is C12H20N4O2. The highest BCUT2D eigenvalue weighted by molar-refractivity contribution is 5.75. The Balaban J connectivity index is 1.75. The van der Waals surface area contributed by atoms with E-state index in [0.717, 1.165) is 13.0 Å². The lowest BCUT2D eigenvalue weighted by Gasteiger charge is -2.22. The van der Waals surface area contributed by atoms with Crippen LogP contribution < -0.4 is 5.32 Å². The van der Waals surface area contributed by atoms with Crippen LogP contribution in [0.4, 0.5) is 0 Å². The Morgan fingerprint density at radius 2 is 2.44 bits per heavy atom. The van der Waals surface area contributed by atoms with E-state index in [1.807, 2.05) is 0 Å². The molecule has 1 amide bonds. The van der Waals surface area contributed by atoms with Crippen LogP contribution >= 0.6 is 0 Å². The van der Waals surface area contributed by atoms with Gasteiger partial charge in [0, 0.05) is 19.1 Å². The number of nitrogens with one attached hydrogen (secondary N) is 1. The smallest absolute Gasteiger partial charge is 0.241 e. The SMILES string of the molecule is CC(C)[C@H]1OCC[C@@H]1CNC(=O)Cn1cncn1. The third-order valence-corrected chi connectivity index (χ3v) is 3.25. The molecule has 0 radical (unpaired) electrons. The van der Waals surface area contributed by atoms with E-state index in [1.165, 1.54) is 17.3 Å². The zero-order valence-corrected chi connectivity index (χ0v) is 10.9. The van der Waals surface area contributed by atoms with E-state index in [4.69, 9.17) is 4.74 Å². The molecule has 18 heavy (non-hydrogen) atoms. The van der Waals surface area contributed by atoms with E-state index in [0.29, 0.717) is 18.4 Å². The Morgan fingerprint density at radius 3 is 3.11 bits per heavy atom. The van der Waals surface area contributed by atoms with Crippen molar-refractivity contribution in [1.82, 2.24) is 20.1 Å². The minimum absolute atomic E-state index is 0.0325. The molecule has 0 spiro atoms. The normalized spacial score (nSPS) is 23.5. The molecule has 2 heterocycles. The molecule has 1 aliphatic rings.